The van der Waals surface area contributed by atoms with Crippen LogP contribution in [0.2, 0.25) is 0 Å². The first-order chi connectivity index (χ1) is 13.1. The third-order valence-corrected chi connectivity index (χ3v) is 5.66. The van der Waals surface area contributed by atoms with Gasteiger partial charge in [-0.15, -0.1) is 11.3 Å². The zero-order chi connectivity index (χ0) is 18.8. The normalized spacial score (nSPS) is 12.7. The first-order valence-corrected chi connectivity index (χ1v) is 9.82. The van der Waals surface area contributed by atoms with E-state index >= 15 is 0 Å². The molecule has 2 heterocycles. The lowest BCUT2D eigenvalue weighted by atomic mass is 10.1. The predicted molar refractivity (Wildman–Crippen MR) is 108 cm³/mol. The molecule has 1 N–H and O–H groups in total. The van der Waals surface area contributed by atoms with Crippen LogP contribution in [0, 0.1) is 6.92 Å². The first-order valence-electron chi connectivity index (χ1n) is 8.94. The predicted octanol–water partition coefficient (Wildman–Crippen LogP) is 4.19. The minimum absolute atomic E-state index is 0.0218. The molecule has 1 aliphatic rings. The van der Waals surface area contributed by atoms with Crippen molar-refractivity contribution in [3.05, 3.63) is 87.1 Å². The van der Waals surface area contributed by atoms with E-state index in [0.29, 0.717) is 23.5 Å². The van der Waals surface area contributed by atoms with Crippen LogP contribution in [0.25, 0.3) is 0 Å². The number of benzene rings is 2. The number of hydrogen-bond donors (Lipinski definition) is 1. The van der Waals surface area contributed by atoms with Crippen LogP contribution in [0.5, 0.6) is 0 Å². The molecule has 0 unspecified atom stereocenters. The van der Waals surface area contributed by atoms with Crippen LogP contribution in [0.15, 0.2) is 60.0 Å². The molecule has 1 aromatic heterocycles. The van der Waals surface area contributed by atoms with Gasteiger partial charge in [0.05, 0.1) is 4.88 Å². The zero-order valence-corrected chi connectivity index (χ0v) is 15.9. The summed E-state index contributed by atoms with van der Waals surface area (Å²) in [6, 6.07) is 17.4. The molecule has 0 aliphatic carbocycles. The molecule has 0 radical (unpaired) electrons. The third kappa shape index (κ3) is 3.64. The number of carbonyl (C=O) groups excluding carboxylic acids is 2. The van der Waals surface area contributed by atoms with Crippen LogP contribution >= 0.6 is 11.3 Å². The number of amides is 2. The van der Waals surface area contributed by atoms with Crippen molar-refractivity contribution in [3.63, 3.8) is 0 Å². The monoisotopic (exact) mass is 376 g/mol. The van der Waals surface area contributed by atoms with Crippen molar-refractivity contribution in [1.82, 2.24) is 5.32 Å². The molecule has 2 amide bonds. The molecule has 0 spiro atoms. The SMILES string of the molecule is Cc1ccc(C(=O)N2CCc3ccc(CNC(=O)c4cccs4)cc32)cc1. The highest BCUT2D eigenvalue weighted by atomic mass is 32.1. The van der Waals surface area contributed by atoms with Crippen LogP contribution in [0.4, 0.5) is 5.69 Å². The summed E-state index contributed by atoms with van der Waals surface area (Å²) in [6.45, 7) is 3.14. The van der Waals surface area contributed by atoms with E-state index in [1.807, 2.05) is 65.7 Å². The molecular weight excluding hydrogens is 356 g/mol. The number of thiophene rings is 1. The Balaban J connectivity index is 1.50. The van der Waals surface area contributed by atoms with Crippen molar-refractivity contribution in [2.75, 3.05) is 11.4 Å². The topological polar surface area (TPSA) is 49.4 Å². The Bertz CT molecular complexity index is 978. The van der Waals surface area contributed by atoms with Gasteiger partial charge in [-0.05, 0) is 54.1 Å². The summed E-state index contributed by atoms with van der Waals surface area (Å²) in [7, 11) is 0. The third-order valence-electron chi connectivity index (χ3n) is 4.79. The van der Waals surface area contributed by atoms with Crippen LogP contribution in [-0.2, 0) is 13.0 Å². The Morgan fingerprint density at radius 3 is 2.67 bits per heavy atom. The molecule has 4 rings (SSSR count). The summed E-state index contributed by atoms with van der Waals surface area (Å²) in [5.41, 5.74) is 4.94. The number of nitrogens with zero attached hydrogens (tertiary/aromatic N) is 1. The molecule has 0 atom stereocenters. The maximum absolute atomic E-state index is 12.9. The highest BCUT2D eigenvalue weighted by molar-refractivity contribution is 7.12. The average molecular weight is 376 g/mol. The summed E-state index contributed by atoms with van der Waals surface area (Å²) in [5, 5.41) is 4.83. The van der Waals surface area contributed by atoms with E-state index < -0.39 is 0 Å². The van der Waals surface area contributed by atoms with E-state index in [1.54, 1.807) is 0 Å². The van der Waals surface area contributed by atoms with Gasteiger partial charge in [0.15, 0.2) is 0 Å². The number of fused-ring (bicyclic) bond motifs is 1. The van der Waals surface area contributed by atoms with E-state index in [1.165, 1.54) is 16.9 Å². The summed E-state index contributed by atoms with van der Waals surface area (Å²) < 4.78 is 0. The van der Waals surface area contributed by atoms with Gasteiger partial charge < -0.3 is 10.2 Å². The minimum atomic E-state index is -0.0712. The second-order valence-electron chi connectivity index (χ2n) is 6.70. The summed E-state index contributed by atoms with van der Waals surface area (Å²) in [5.74, 6) is -0.0494. The van der Waals surface area contributed by atoms with Gasteiger partial charge in [0.1, 0.15) is 0 Å². The van der Waals surface area contributed by atoms with Crippen LogP contribution < -0.4 is 10.2 Å². The molecule has 0 fully saturated rings. The van der Waals surface area contributed by atoms with Crippen LogP contribution in [-0.4, -0.2) is 18.4 Å². The Morgan fingerprint density at radius 2 is 1.93 bits per heavy atom. The lowest BCUT2D eigenvalue weighted by Gasteiger charge is -2.18. The van der Waals surface area contributed by atoms with Gasteiger partial charge in [-0.2, -0.15) is 0 Å². The fourth-order valence-corrected chi connectivity index (χ4v) is 3.91. The second kappa shape index (κ2) is 7.37. The van der Waals surface area contributed by atoms with Gasteiger partial charge in [-0.25, -0.2) is 0 Å². The number of hydrogen-bond acceptors (Lipinski definition) is 3. The van der Waals surface area contributed by atoms with Crippen LogP contribution in [0.3, 0.4) is 0 Å². The fraction of sp³-hybridized carbons (Fsp3) is 0.182. The van der Waals surface area contributed by atoms with Gasteiger partial charge in [-0.1, -0.05) is 35.9 Å². The molecule has 136 valence electrons. The van der Waals surface area contributed by atoms with Gasteiger partial charge in [-0.3, -0.25) is 9.59 Å². The van der Waals surface area contributed by atoms with E-state index in [0.717, 1.165) is 23.2 Å². The summed E-state index contributed by atoms with van der Waals surface area (Å²) in [4.78, 5) is 27.6. The molecular formula is C22H20N2O2S. The lowest BCUT2D eigenvalue weighted by Crippen LogP contribution is -2.29. The fourth-order valence-electron chi connectivity index (χ4n) is 3.27. The molecule has 27 heavy (non-hydrogen) atoms. The standard InChI is InChI=1S/C22H20N2O2S/c1-15-4-7-18(8-5-15)22(26)24-11-10-17-9-6-16(13-19(17)24)14-23-21(25)20-3-2-12-27-20/h2-9,12-13H,10-11,14H2,1H3,(H,23,25). The van der Waals surface area contributed by atoms with Gasteiger partial charge in [0.25, 0.3) is 11.8 Å². The number of rotatable bonds is 4. The van der Waals surface area contributed by atoms with Crippen molar-refractivity contribution in [3.8, 4) is 0 Å². The zero-order valence-electron chi connectivity index (χ0n) is 15.1. The highest BCUT2D eigenvalue weighted by Gasteiger charge is 2.25. The second-order valence-corrected chi connectivity index (χ2v) is 7.64. The Kier molecular flexibility index (Phi) is 4.77. The molecule has 2 aromatic carbocycles. The Hall–Kier alpha value is -2.92. The van der Waals surface area contributed by atoms with E-state index in [9.17, 15) is 9.59 Å². The van der Waals surface area contributed by atoms with Crippen LogP contribution in [0.1, 0.15) is 36.7 Å². The van der Waals surface area contributed by atoms with Gasteiger partial charge >= 0.3 is 0 Å². The number of anilines is 1. The lowest BCUT2D eigenvalue weighted by molar-refractivity contribution is 0.0953. The Morgan fingerprint density at radius 1 is 1.11 bits per heavy atom. The van der Waals surface area contributed by atoms with Crippen molar-refractivity contribution >= 4 is 28.8 Å². The molecule has 0 saturated carbocycles. The maximum atomic E-state index is 12.9. The van der Waals surface area contributed by atoms with E-state index in [2.05, 4.69) is 11.4 Å². The van der Waals surface area contributed by atoms with Crippen molar-refractivity contribution in [1.29, 1.82) is 0 Å². The van der Waals surface area contributed by atoms with Crippen molar-refractivity contribution in [2.45, 2.75) is 19.9 Å². The molecule has 5 heteroatoms. The minimum Gasteiger partial charge on any atom is -0.347 e. The summed E-state index contributed by atoms with van der Waals surface area (Å²) >= 11 is 1.42. The van der Waals surface area contributed by atoms with E-state index in [4.69, 9.17) is 0 Å². The average Bonchev–Trinajstić information content (AvgIpc) is 3.36. The largest absolute Gasteiger partial charge is 0.347 e. The number of carbonyl (C=O) groups is 2. The molecule has 1 aliphatic heterocycles. The maximum Gasteiger partial charge on any atom is 0.261 e. The highest BCUT2D eigenvalue weighted by Crippen LogP contribution is 2.30. The summed E-state index contributed by atoms with van der Waals surface area (Å²) in [6.07, 6.45) is 0.856. The van der Waals surface area contributed by atoms with Crippen molar-refractivity contribution in [2.24, 2.45) is 0 Å². The molecule has 3 aromatic rings. The molecule has 0 bridgehead atoms. The van der Waals surface area contributed by atoms with Crippen molar-refractivity contribution < 1.29 is 9.59 Å². The Labute approximate surface area is 162 Å². The number of aryl methyl sites for hydroxylation is 1. The number of nitrogens with one attached hydrogen (secondary N) is 1. The first kappa shape index (κ1) is 17.5. The van der Waals surface area contributed by atoms with Gasteiger partial charge in [0.2, 0.25) is 0 Å². The smallest absolute Gasteiger partial charge is 0.261 e. The molecule has 0 saturated heterocycles. The quantitative estimate of drug-likeness (QED) is 0.742. The van der Waals surface area contributed by atoms with E-state index in [-0.39, 0.29) is 11.8 Å². The van der Waals surface area contributed by atoms with Gasteiger partial charge in [0, 0.05) is 24.3 Å². The molecule has 4 nitrogen and oxygen atoms in total.